The third-order valence-corrected chi connectivity index (χ3v) is 4.62. The summed E-state index contributed by atoms with van der Waals surface area (Å²) < 4.78 is 5.55. The molecule has 0 unspecified atom stereocenters. The van der Waals surface area contributed by atoms with E-state index in [-0.39, 0.29) is 5.91 Å². The highest BCUT2D eigenvalue weighted by atomic mass is 32.1. The Balaban J connectivity index is 1.57. The van der Waals surface area contributed by atoms with Gasteiger partial charge in [0.1, 0.15) is 5.75 Å². The maximum absolute atomic E-state index is 12.1. The fourth-order valence-corrected chi connectivity index (χ4v) is 3.12. The number of carbonyl (C=O) groups is 1. The van der Waals surface area contributed by atoms with Crippen LogP contribution in [-0.4, -0.2) is 17.5 Å². The molecule has 4 nitrogen and oxygen atoms in total. The summed E-state index contributed by atoms with van der Waals surface area (Å²) in [6.07, 6.45) is 4.26. The summed E-state index contributed by atoms with van der Waals surface area (Å²) in [6, 6.07) is 15.8. The van der Waals surface area contributed by atoms with E-state index in [2.05, 4.69) is 24.1 Å². The van der Waals surface area contributed by atoms with Gasteiger partial charge in [-0.25, -0.2) is 4.98 Å². The number of anilines is 1. The first-order chi connectivity index (χ1) is 13.1. The molecule has 3 rings (SSSR count). The van der Waals surface area contributed by atoms with E-state index in [4.69, 9.17) is 4.74 Å². The summed E-state index contributed by atoms with van der Waals surface area (Å²) in [7, 11) is 0. The molecule has 0 bridgehead atoms. The van der Waals surface area contributed by atoms with Crippen LogP contribution in [0.15, 0.2) is 60.0 Å². The second-order valence-corrected chi connectivity index (χ2v) is 7.00. The monoisotopic (exact) mass is 378 g/mol. The summed E-state index contributed by atoms with van der Waals surface area (Å²) in [4.78, 5) is 16.6. The van der Waals surface area contributed by atoms with Crippen molar-refractivity contribution < 1.29 is 9.53 Å². The van der Waals surface area contributed by atoms with Gasteiger partial charge in [-0.15, -0.1) is 11.3 Å². The molecule has 0 saturated carbocycles. The van der Waals surface area contributed by atoms with E-state index < -0.39 is 0 Å². The zero-order valence-electron chi connectivity index (χ0n) is 15.4. The number of carbonyl (C=O) groups excluding carboxylic acids is 1. The quantitative estimate of drug-likeness (QED) is 0.548. The maximum atomic E-state index is 12.1. The molecule has 1 amide bonds. The van der Waals surface area contributed by atoms with Crippen LogP contribution in [0.2, 0.25) is 0 Å². The van der Waals surface area contributed by atoms with Crippen LogP contribution in [0.5, 0.6) is 5.75 Å². The van der Waals surface area contributed by atoms with Crippen LogP contribution in [0.4, 0.5) is 5.13 Å². The molecule has 0 fully saturated rings. The smallest absolute Gasteiger partial charge is 0.250 e. The van der Waals surface area contributed by atoms with Crippen molar-refractivity contribution in [1.82, 2.24) is 4.98 Å². The van der Waals surface area contributed by atoms with Gasteiger partial charge in [-0.05, 0) is 37.1 Å². The fraction of sp³-hybridized carbons (Fsp3) is 0.182. The average molecular weight is 378 g/mol. The molecular formula is C22H22N2O2S. The maximum Gasteiger partial charge on any atom is 0.250 e. The summed E-state index contributed by atoms with van der Waals surface area (Å²) in [5.74, 6) is 0.635. The minimum Gasteiger partial charge on any atom is -0.494 e. The van der Waals surface area contributed by atoms with Crippen LogP contribution >= 0.6 is 11.3 Å². The van der Waals surface area contributed by atoms with Crippen molar-refractivity contribution in [1.29, 1.82) is 0 Å². The van der Waals surface area contributed by atoms with Crippen molar-refractivity contribution in [3.8, 4) is 17.0 Å². The first-order valence-electron chi connectivity index (χ1n) is 8.88. The van der Waals surface area contributed by atoms with Gasteiger partial charge >= 0.3 is 0 Å². The van der Waals surface area contributed by atoms with Gasteiger partial charge in [-0.3, -0.25) is 10.1 Å². The molecule has 0 aliphatic heterocycles. The number of thiazole rings is 1. The predicted octanol–water partition coefficient (Wildman–Crippen LogP) is 5.56. The molecule has 1 aromatic heterocycles. The van der Waals surface area contributed by atoms with Crippen molar-refractivity contribution in [3.63, 3.8) is 0 Å². The van der Waals surface area contributed by atoms with Crippen LogP contribution in [-0.2, 0) is 4.79 Å². The number of hydrogen-bond donors (Lipinski definition) is 1. The van der Waals surface area contributed by atoms with Gasteiger partial charge in [0.05, 0.1) is 12.3 Å². The molecule has 1 N–H and O–H groups in total. The van der Waals surface area contributed by atoms with Gasteiger partial charge in [-0.1, -0.05) is 48.9 Å². The third-order valence-electron chi connectivity index (χ3n) is 3.86. The Hall–Kier alpha value is -2.92. The molecule has 0 spiro atoms. The third kappa shape index (κ3) is 5.53. The molecule has 5 heteroatoms. The van der Waals surface area contributed by atoms with E-state index in [1.54, 1.807) is 6.08 Å². The number of nitrogens with one attached hydrogen (secondary N) is 1. The number of nitrogens with zero attached hydrogens (tertiary/aromatic N) is 1. The lowest BCUT2D eigenvalue weighted by molar-refractivity contribution is -0.111. The lowest BCUT2D eigenvalue weighted by atomic mass is 10.1. The van der Waals surface area contributed by atoms with Gasteiger partial charge in [0.15, 0.2) is 5.13 Å². The number of aryl methyl sites for hydroxylation is 1. The van der Waals surface area contributed by atoms with Gasteiger partial charge in [-0.2, -0.15) is 0 Å². The Bertz CT molecular complexity index is 912. The highest BCUT2D eigenvalue weighted by Gasteiger charge is 2.06. The Kier molecular flexibility index (Phi) is 6.39. The van der Waals surface area contributed by atoms with Crippen molar-refractivity contribution in [3.05, 3.63) is 71.1 Å². The predicted molar refractivity (Wildman–Crippen MR) is 112 cm³/mol. The van der Waals surface area contributed by atoms with Crippen molar-refractivity contribution >= 4 is 28.5 Å². The second-order valence-electron chi connectivity index (χ2n) is 6.14. The molecule has 2 aromatic carbocycles. The number of amides is 1. The molecule has 0 saturated heterocycles. The number of aromatic nitrogens is 1. The zero-order valence-corrected chi connectivity index (χ0v) is 16.3. The minimum absolute atomic E-state index is 0.203. The Morgan fingerprint density at radius 1 is 1.15 bits per heavy atom. The Morgan fingerprint density at radius 2 is 1.89 bits per heavy atom. The number of ether oxygens (including phenoxy) is 1. The molecule has 0 aliphatic carbocycles. The van der Waals surface area contributed by atoms with E-state index >= 15 is 0 Å². The van der Waals surface area contributed by atoms with Crippen molar-refractivity contribution in [2.24, 2.45) is 0 Å². The summed E-state index contributed by atoms with van der Waals surface area (Å²) in [6.45, 7) is 4.83. The topological polar surface area (TPSA) is 51.2 Å². The second kappa shape index (κ2) is 9.14. The fourth-order valence-electron chi connectivity index (χ4n) is 2.40. The summed E-state index contributed by atoms with van der Waals surface area (Å²) in [5, 5.41) is 5.34. The van der Waals surface area contributed by atoms with E-state index in [0.29, 0.717) is 11.7 Å². The van der Waals surface area contributed by atoms with E-state index in [9.17, 15) is 4.79 Å². The number of rotatable bonds is 7. The van der Waals surface area contributed by atoms with Crippen LogP contribution < -0.4 is 10.1 Å². The largest absolute Gasteiger partial charge is 0.494 e. The molecule has 3 aromatic rings. The Labute approximate surface area is 163 Å². The highest BCUT2D eigenvalue weighted by molar-refractivity contribution is 7.14. The van der Waals surface area contributed by atoms with Crippen molar-refractivity contribution in [2.45, 2.75) is 20.3 Å². The standard InChI is InChI=1S/C22H22N2O2S/c1-3-14-26-19-11-6-17(7-12-19)8-13-21(25)24-22-23-20(15-27-22)18-9-4-16(2)5-10-18/h4-13,15H,3,14H2,1-2H3,(H,23,24,25)/b13-8+. The highest BCUT2D eigenvalue weighted by Crippen LogP contribution is 2.25. The number of hydrogen-bond acceptors (Lipinski definition) is 4. The van der Waals surface area contributed by atoms with E-state index in [1.807, 2.05) is 53.9 Å². The van der Waals surface area contributed by atoms with Crippen LogP contribution in [0.1, 0.15) is 24.5 Å². The van der Waals surface area contributed by atoms with E-state index in [0.717, 1.165) is 29.0 Å². The normalized spacial score (nSPS) is 10.9. The summed E-state index contributed by atoms with van der Waals surface area (Å²) in [5.41, 5.74) is 4.05. The van der Waals surface area contributed by atoms with Crippen LogP contribution in [0, 0.1) is 6.92 Å². The van der Waals surface area contributed by atoms with Gasteiger partial charge in [0.25, 0.3) is 0 Å². The van der Waals surface area contributed by atoms with Crippen molar-refractivity contribution in [2.75, 3.05) is 11.9 Å². The molecule has 138 valence electrons. The van der Waals surface area contributed by atoms with Gasteiger partial charge in [0, 0.05) is 17.0 Å². The molecule has 0 aliphatic rings. The SMILES string of the molecule is CCCOc1ccc(/C=C/C(=O)Nc2nc(-c3ccc(C)cc3)cs2)cc1. The molecule has 1 heterocycles. The molecule has 27 heavy (non-hydrogen) atoms. The zero-order chi connectivity index (χ0) is 19.1. The molecule has 0 atom stereocenters. The first-order valence-corrected chi connectivity index (χ1v) is 9.76. The Morgan fingerprint density at radius 3 is 2.59 bits per heavy atom. The molecular weight excluding hydrogens is 356 g/mol. The van der Waals surface area contributed by atoms with Gasteiger partial charge in [0.2, 0.25) is 5.91 Å². The van der Waals surface area contributed by atoms with Gasteiger partial charge < -0.3 is 4.74 Å². The lowest BCUT2D eigenvalue weighted by Gasteiger charge is -2.04. The average Bonchev–Trinajstić information content (AvgIpc) is 3.14. The lowest BCUT2D eigenvalue weighted by Crippen LogP contribution is -2.07. The van der Waals surface area contributed by atoms with E-state index in [1.165, 1.54) is 23.0 Å². The van der Waals surface area contributed by atoms with Crippen LogP contribution in [0.3, 0.4) is 0 Å². The first kappa shape index (κ1) is 18.9. The van der Waals surface area contributed by atoms with Crippen LogP contribution in [0.25, 0.3) is 17.3 Å². The molecule has 0 radical (unpaired) electrons. The minimum atomic E-state index is -0.203. The number of benzene rings is 2. The summed E-state index contributed by atoms with van der Waals surface area (Å²) >= 11 is 1.41.